The standard InChI is InChI=1S/C10H14N6O/c1-6-8(7(2)13-12-6)4-11-10(17)9-5-16(3)15-14-9/h5H,4H2,1-3H3,(H,11,17)(H,12,13). The van der Waals surface area contributed by atoms with E-state index in [4.69, 9.17) is 0 Å². The fourth-order valence-electron chi connectivity index (χ4n) is 1.55. The maximum Gasteiger partial charge on any atom is 0.273 e. The molecule has 0 spiro atoms. The van der Waals surface area contributed by atoms with Gasteiger partial charge in [0.25, 0.3) is 5.91 Å². The van der Waals surface area contributed by atoms with E-state index in [1.165, 1.54) is 4.68 Å². The van der Waals surface area contributed by atoms with E-state index in [1.807, 2.05) is 13.8 Å². The summed E-state index contributed by atoms with van der Waals surface area (Å²) in [4.78, 5) is 11.7. The Kier molecular flexibility index (Phi) is 2.90. The van der Waals surface area contributed by atoms with Crippen molar-refractivity contribution in [2.24, 2.45) is 7.05 Å². The minimum atomic E-state index is -0.238. The Morgan fingerprint density at radius 3 is 2.82 bits per heavy atom. The van der Waals surface area contributed by atoms with Gasteiger partial charge < -0.3 is 5.32 Å². The number of aromatic amines is 1. The van der Waals surface area contributed by atoms with Crippen LogP contribution in [0.25, 0.3) is 0 Å². The van der Waals surface area contributed by atoms with Crippen molar-refractivity contribution in [1.82, 2.24) is 30.5 Å². The summed E-state index contributed by atoms with van der Waals surface area (Å²) < 4.78 is 1.49. The van der Waals surface area contributed by atoms with Gasteiger partial charge in [-0.25, -0.2) is 0 Å². The van der Waals surface area contributed by atoms with Crippen LogP contribution in [-0.2, 0) is 13.6 Å². The Labute approximate surface area is 98.2 Å². The number of nitrogens with one attached hydrogen (secondary N) is 2. The number of rotatable bonds is 3. The van der Waals surface area contributed by atoms with Gasteiger partial charge in [-0.05, 0) is 13.8 Å². The predicted octanol–water partition coefficient (Wildman–Crippen LogP) is 0.0850. The van der Waals surface area contributed by atoms with E-state index in [-0.39, 0.29) is 5.91 Å². The van der Waals surface area contributed by atoms with E-state index in [2.05, 4.69) is 25.8 Å². The minimum Gasteiger partial charge on any atom is -0.346 e. The first kappa shape index (κ1) is 11.3. The number of amides is 1. The van der Waals surface area contributed by atoms with Gasteiger partial charge in [0.2, 0.25) is 0 Å². The van der Waals surface area contributed by atoms with Crippen LogP contribution >= 0.6 is 0 Å². The molecule has 0 fully saturated rings. The summed E-state index contributed by atoms with van der Waals surface area (Å²) in [5.41, 5.74) is 3.16. The van der Waals surface area contributed by atoms with Crippen LogP contribution in [0.5, 0.6) is 0 Å². The van der Waals surface area contributed by atoms with Gasteiger partial charge in [-0.2, -0.15) is 5.10 Å². The summed E-state index contributed by atoms with van der Waals surface area (Å²) in [5, 5.41) is 17.2. The first-order chi connectivity index (χ1) is 8.08. The number of nitrogens with zero attached hydrogens (tertiary/aromatic N) is 4. The molecule has 0 saturated carbocycles. The normalized spacial score (nSPS) is 10.5. The van der Waals surface area contributed by atoms with Crippen molar-refractivity contribution < 1.29 is 4.79 Å². The molecule has 0 aliphatic rings. The second-order valence-electron chi connectivity index (χ2n) is 3.87. The van der Waals surface area contributed by atoms with Gasteiger partial charge in [-0.1, -0.05) is 5.21 Å². The lowest BCUT2D eigenvalue weighted by atomic mass is 10.2. The molecule has 7 heteroatoms. The Hall–Kier alpha value is -2.18. The lowest BCUT2D eigenvalue weighted by Gasteiger charge is -2.02. The summed E-state index contributed by atoms with van der Waals surface area (Å²) in [5.74, 6) is -0.238. The minimum absolute atomic E-state index is 0.238. The predicted molar refractivity (Wildman–Crippen MR) is 60.2 cm³/mol. The van der Waals surface area contributed by atoms with Crippen molar-refractivity contribution >= 4 is 5.91 Å². The van der Waals surface area contributed by atoms with Crippen molar-refractivity contribution in [2.45, 2.75) is 20.4 Å². The molecule has 2 N–H and O–H groups in total. The molecule has 0 radical (unpaired) electrons. The van der Waals surface area contributed by atoms with Gasteiger partial charge in [-0.15, -0.1) is 5.10 Å². The van der Waals surface area contributed by atoms with E-state index in [9.17, 15) is 4.79 Å². The number of hydrogen-bond donors (Lipinski definition) is 2. The van der Waals surface area contributed by atoms with Crippen molar-refractivity contribution in [3.8, 4) is 0 Å². The topological polar surface area (TPSA) is 88.5 Å². The third kappa shape index (κ3) is 2.32. The number of carbonyl (C=O) groups is 1. The Morgan fingerprint density at radius 2 is 2.29 bits per heavy atom. The molecular weight excluding hydrogens is 220 g/mol. The fourth-order valence-corrected chi connectivity index (χ4v) is 1.55. The maximum atomic E-state index is 11.7. The SMILES string of the molecule is Cc1n[nH]c(C)c1CNC(=O)c1cn(C)nn1. The molecule has 0 aliphatic heterocycles. The zero-order valence-electron chi connectivity index (χ0n) is 9.98. The zero-order valence-corrected chi connectivity index (χ0v) is 9.98. The van der Waals surface area contributed by atoms with Crippen molar-refractivity contribution in [1.29, 1.82) is 0 Å². The van der Waals surface area contributed by atoms with E-state index in [1.54, 1.807) is 13.2 Å². The van der Waals surface area contributed by atoms with Gasteiger partial charge in [-0.3, -0.25) is 14.6 Å². The van der Waals surface area contributed by atoms with Crippen LogP contribution in [0, 0.1) is 13.8 Å². The number of aromatic nitrogens is 5. The molecule has 2 aromatic heterocycles. The molecule has 2 aromatic rings. The van der Waals surface area contributed by atoms with Gasteiger partial charge in [0.1, 0.15) is 0 Å². The molecule has 0 bridgehead atoms. The average molecular weight is 234 g/mol. The Bertz CT molecular complexity index is 521. The van der Waals surface area contributed by atoms with E-state index in [0.29, 0.717) is 12.2 Å². The first-order valence-corrected chi connectivity index (χ1v) is 5.23. The summed E-state index contributed by atoms with van der Waals surface area (Å²) in [6.07, 6.45) is 1.57. The van der Waals surface area contributed by atoms with Gasteiger partial charge in [0.05, 0.1) is 11.9 Å². The van der Waals surface area contributed by atoms with Crippen LogP contribution < -0.4 is 5.32 Å². The first-order valence-electron chi connectivity index (χ1n) is 5.23. The molecule has 0 aromatic carbocycles. The molecule has 0 saturated heterocycles. The maximum absolute atomic E-state index is 11.7. The van der Waals surface area contributed by atoms with Gasteiger partial charge in [0, 0.05) is 24.8 Å². The molecule has 90 valence electrons. The van der Waals surface area contributed by atoms with Crippen molar-refractivity contribution in [3.63, 3.8) is 0 Å². The summed E-state index contributed by atoms with van der Waals surface area (Å²) in [6.45, 7) is 4.25. The number of H-pyrrole nitrogens is 1. The van der Waals surface area contributed by atoms with Gasteiger partial charge >= 0.3 is 0 Å². The highest BCUT2D eigenvalue weighted by Crippen LogP contribution is 2.08. The number of carbonyl (C=O) groups excluding carboxylic acids is 1. The van der Waals surface area contributed by atoms with Crippen LogP contribution in [-0.4, -0.2) is 31.1 Å². The molecule has 2 heterocycles. The smallest absolute Gasteiger partial charge is 0.273 e. The second kappa shape index (κ2) is 4.36. The number of hydrogen-bond acceptors (Lipinski definition) is 4. The number of aryl methyl sites for hydroxylation is 3. The lowest BCUT2D eigenvalue weighted by molar-refractivity contribution is 0.0946. The highest BCUT2D eigenvalue weighted by molar-refractivity contribution is 5.91. The van der Waals surface area contributed by atoms with E-state index in [0.717, 1.165) is 17.0 Å². The van der Waals surface area contributed by atoms with Crippen molar-refractivity contribution in [3.05, 3.63) is 28.8 Å². The molecular formula is C10H14N6O. The quantitative estimate of drug-likeness (QED) is 0.787. The molecule has 0 atom stereocenters. The third-order valence-electron chi connectivity index (χ3n) is 2.54. The van der Waals surface area contributed by atoms with E-state index < -0.39 is 0 Å². The molecule has 2 rings (SSSR count). The van der Waals surface area contributed by atoms with Crippen LogP contribution in [0.1, 0.15) is 27.4 Å². The fraction of sp³-hybridized carbons (Fsp3) is 0.400. The molecule has 0 aliphatic carbocycles. The molecule has 1 amide bonds. The monoisotopic (exact) mass is 234 g/mol. The van der Waals surface area contributed by atoms with Crippen LogP contribution in [0.15, 0.2) is 6.20 Å². The second-order valence-corrected chi connectivity index (χ2v) is 3.87. The molecule has 7 nitrogen and oxygen atoms in total. The van der Waals surface area contributed by atoms with E-state index >= 15 is 0 Å². The van der Waals surface area contributed by atoms with Crippen molar-refractivity contribution in [2.75, 3.05) is 0 Å². The summed E-state index contributed by atoms with van der Waals surface area (Å²) >= 11 is 0. The summed E-state index contributed by atoms with van der Waals surface area (Å²) in [6, 6.07) is 0. The van der Waals surface area contributed by atoms with Crippen LogP contribution in [0.2, 0.25) is 0 Å². The Balaban J connectivity index is 2.02. The molecule has 17 heavy (non-hydrogen) atoms. The average Bonchev–Trinajstić information content (AvgIpc) is 2.84. The Morgan fingerprint density at radius 1 is 1.53 bits per heavy atom. The molecule has 0 unspecified atom stereocenters. The summed E-state index contributed by atoms with van der Waals surface area (Å²) in [7, 11) is 1.72. The lowest BCUT2D eigenvalue weighted by Crippen LogP contribution is -2.23. The van der Waals surface area contributed by atoms with Crippen LogP contribution in [0.3, 0.4) is 0 Å². The highest BCUT2D eigenvalue weighted by Gasteiger charge is 2.11. The third-order valence-corrected chi connectivity index (χ3v) is 2.54. The zero-order chi connectivity index (χ0) is 12.4. The van der Waals surface area contributed by atoms with Gasteiger partial charge in [0.15, 0.2) is 5.69 Å². The van der Waals surface area contributed by atoms with Crippen LogP contribution in [0.4, 0.5) is 0 Å². The largest absolute Gasteiger partial charge is 0.346 e. The highest BCUT2D eigenvalue weighted by atomic mass is 16.2.